The number of nitrogens with one attached hydrogen (secondary N) is 2. The van der Waals surface area contributed by atoms with Crippen molar-refractivity contribution in [2.45, 2.75) is 38.1 Å². The van der Waals surface area contributed by atoms with Gasteiger partial charge in [0.15, 0.2) is 5.11 Å². The minimum atomic E-state index is -0.184. The Kier molecular flexibility index (Phi) is 3.92. The van der Waals surface area contributed by atoms with Crippen molar-refractivity contribution in [3.8, 4) is 0 Å². The molecular formula is C16H19N3OS. The van der Waals surface area contributed by atoms with Gasteiger partial charge in [0.1, 0.15) is 11.6 Å². The third-order valence-corrected chi connectivity index (χ3v) is 4.25. The van der Waals surface area contributed by atoms with E-state index < -0.39 is 0 Å². The third kappa shape index (κ3) is 2.93. The summed E-state index contributed by atoms with van der Waals surface area (Å²) in [4.78, 5) is 4.32. The van der Waals surface area contributed by atoms with Gasteiger partial charge < -0.3 is 15.1 Å². The van der Waals surface area contributed by atoms with Crippen molar-refractivity contribution in [1.29, 1.82) is 0 Å². The Hall–Kier alpha value is -1.88. The molecule has 4 nitrogen and oxygen atoms in total. The van der Waals surface area contributed by atoms with Crippen LogP contribution in [0.3, 0.4) is 0 Å². The number of anilines is 1. The van der Waals surface area contributed by atoms with Crippen molar-refractivity contribution in [2.24, 2.45) is 0 Å². The fourth-order valence-electron chi connectivity index (χ4n) is 2.94. The summed E-state index contributed by atoms with van der Waals surface area (Å²) in [7, 11) is 0. The summed E-state index contributed by atoms with van der Waals surface area (Å²) in [6, 6.07) is 7.87. The number of pyridine rings is 1. The fourth-order valence-corrected chi connectivity index (χ4v) is 3.23. The summed E-state index contributed by atoms with van der Waals surface area (Å²) < 4.78 is 5.63. The standard InChI is InChI=1S/C16H19N3OS/c1-12-6-4-10-17-14(12)18-15(21)19-16(8-2-3-9-16)13-7-5-11-20-13/h4-7,10-11H,2-3,8-9H2,1H3,(H2,17,18,19,21). The van der Waals surface area contributed by atoms with Crippen LogP contribution in [0.4, 0.5) is 5.82 Å². The first-order valence-electron chi connectivity index (χ1n) is 7.24. The fraction of sp³-hybridized carbons (Fsp3) is 0.375. The molecule has 21 heavy (non-hydrogen) atoms. The highest BCUT2D eigenvalue weighted by Crippen LogP contribution is 2.39. The van der Waals surface area contributed by atoms with Crippen LogP contribution in [0.2, 0.25) is 0 Å². The van der Waals surface area contributed by atoms with E-state index in [1.807, 2.05) is 31.2 Å². The normalized spacial score (nSPS) is 16.6. The first kappa shape index (κ1) is 14.1. The molecule has 1 aliphatic carbocycles. The maximum atomic E-state index is 5.63. The van der Waals surface area contributed by atoms with Gasteiger partial charge in [-0.2, -0.15) is 0 Å². The molecule has 1 fully saturated rings. The average molecular weight is 301 g/mol. The maximum absolute atomic E-state index is 5.63. The number of thiocarbonyl (C=S) groups is 1. The molecule has 3 rings (SSSR count). The summed E-state index contributed by atoms with van der Waals surface area (Å²) in [5.41, 5.74) is 0.885. The van der Waals surface area contributed by atoms with Gasteiger partial charge in [0.05, 0.1) is 11.8 Å². The minimum Gasteiger partial charge on any atom is -0.467 e. The molecule has 0 bridgehead atoms. The van der Waals surface area contributed by atoms with Gasteiger partial charge in [-0.3, -0.25) is 0 Å². The lowest BCUT2D eigenvalue weighted by atomic mass is 9.94. The summed E-state index contributed by atoms with van der Waals surface area (Å²) in [6.45, 7) is 2.01. The molecule has 0 radical (unpaired) electrons. The first-order valence-corrected chi connectivity index (χ1v) is 7.65. The van der Waals surface area contributed by atoms with Crippen molar-refractivity contribution in [2.75, 3.05) is 5.32 Å². The Bertz CT molecular complexity index is 618. The van der Waals surface area contributed by atoms with E-state index in [0.29, 0.717) is 5.11 Å². The Balaban J connectivity index is 1.75. The van der Waals surface area contributed by atoms with Gasteiger partial charge in [-0.1, -0.05) is 18.9 Å². The van der Waals surface area contributed by atoms with Crippen molar-refractivity contribution < 1.29 is 4.42 Å². The summed E-state index contributed by atoms with van der Waals surface area (Å²) in [5, 5.41) is 7.24. The van der Waals surface area contributed by atoms with Crippen LogP contribution in [0.1, 0.15) is 37.0 Å². The van der Waals surface area contributed by atoms with Crippen molar-refractivity contribution in [3.63, 3.8) is 0 Å². The SMILES string of the molecule is Cc1cccnc1NC(=S)NC1(c2ccco2)CCCC1. The van der Waals surface area contributed by atoms with E-state index in [1.165, 1.54) is 12.8 Å². The van der Waals surface area contributed by atoms with Crippen LogP contribution in [0, 0.1) is 6.92 Å². The lowest BCUT2D eigenvalue weighted by molar-refractivity contribution is 0.317. The van der Waals surface area contributed by atoms with E-state index in [2.05, 4.69) is 15.6 Å². The molecule has 1 saturated carbocycles. The van der Waals surface area contributed by atoms with Crippen LogP contribution in [-0.4, -0.2) is 10.1 Å². The Morgan fingerprint density at radius 3 is 2.76 bits per heavy atom. The van der Waals surface area contributed by atoms with E-state index in [9.17, 15) is 0 Å². The molecule has 0 atom stereocenters. The average Bonchev–Trinajstić information content (AvgIpc) is 3.12. The Morgan fingerprint density at radius 2 is 2.10 bits per heavy atom. The van der Waals surface area contributed by atoms with Crippen LogP contribution in [-0.2, 0) is 5.54 Å². The van der Waals surface area contributed by atoms with Crippen molar-refractivity contribution in [3.05, 3.63) is 48.0 Å². The van der Waals surface area contributed by atoms with Crippen LogP contribution in [0.25, 0.3) is 0 Å². The number of aromatic nitrogens is 1. The highest BCUT2D eigenvalue weighted by atomic mass is 32.1. The molecule has 2 N–H and O–H groups in total. The van der Waals surface area contributed by atoms with Gasteiger partial charge in [0.2, 0.25) is 0 Å². The van der Waals surface area contributed by atoms with Gasteiger partial charge in [0.25, 0.3) is 0 Å². The smallest absolute Gasteiger partial charge is 0.172 e. The first-order chi connectivity index (χ1) is 10.2. The van der Waals surface area contributed by atoms with Crippen molar-refractivity contribution in [1.82, 2.24) is 10.3 Å². The van der Waals surface area contributed by atoms with Gasteiger partial charge in [-0.05, 0) is 55.7 Å². The second-order valence-electron chi connectivity index (χ2n) is 5.51. The van der Waals surface area contributed by atoms with Gasteiger partial charge in [-0.25, -0.2) is 4.98 Å². The molecule has 1 aliphatic rings. The molecule has 0 saturated heterocycles. The highest BCUT2D eigenvalue weighted by Gasteiger charge is 2.38. The minimum absolute atomic E-state index is 0.184. The predicted molar refractivity (Wildman–Crippen MR) is 87.2 cm³/mol. The molecule has 2 heterocycles. The molecule has 2 aromatic rings. The molecule has 5 heteroatoms. The lowest BCUT2D eigenvalue weighted by Crippen LogP contribution is -2.45. The van der Waals surface area contributed by atoms with Crippen LogP contribution >= 0.6 is 12.2 Å². The Morgan fingerprint density at radius 1 is 1.29 bits per heavy atom. The number of hydrogen-bond acceptors (Lipinski definition) is 3. The molecule has 2 aromatic heterocycles. The number of hydrogen-bond donors (Lipinski definition) is 2. The maximum Gasteiger partial charge on any atom is 0.172 e. The van der Waals surface area contributed by atoms with E-state index in [-0.39, 0.29) is 5.54 Å². The van der Waals surface area contributed by atoms with Crippen LogP contribution in [0.15, 0.2) is 41.1 Å². The van der Waals surface area contributed by atoms with Crippen LogP contribution < -0.4 is 10.6 Å². The number of furan rings is 1. The topological polar surface area (TPSA) is 50.1 Å². The second kappa shape index (κ2) is 5.85. The van der Waals surface area contributed by atoms with Crippen LogP contribution in [0.5, 0.6) is 0 Å². The van der Waals surface area contributed by atoms with E-state index >= 15 is 0 Å². The molecule has 0 aromatic carbocycles. The van der Waals surface area contributed by atoms with E-state index in [0.717, 1.165) is 30.0 Å². The molecule has 0 amide bonds. The summed E-state index contributed by atoms with van der Waals surface area (Å²) in [6.07, 6.45) is 7.90. The zero-order valence-electron chi connectivity index (χ0n) is 12.1. The zero-order chi connectivity index (χ0) is 14.7. The summed E-state index contributed by atoms with van der Waals surface area (Å²) >= 11 is 5.47. The summed E-state index contributed by atoms with van der Waals surface area (Å²) in [5.74, 6) is 1.75. The van der Waals surface area contributed by atoms with Gasteiger partial charge in [0, 0.05) is 6.20 Å². The number of nitrogens with zero attached hydrogens (tertiary/aromatic N) is 1. The molecular weight excluding hydrogens is 282 g/mol. The lowest BCUT2D eigenvalue weighted by Gasteiger charge is -2.29. The number of rotatable bonds is 3. The number of aryl methyl sites for hydroxylation is 1. The van der Waals surface area contributed by atoms with E-state index in [1.54, 1.807) is 12.5 Å². The Labute approximate surface area is 130 Å². The highest BCUT2D eigenvalue weighted by molar-refractivity contribution is 7.80. The quantitative estimate of drug-likeness (QED) is 0.846. The molecule has 110 valence electrons. The largest absolute Gasteiger partial charge is 0.467 e. The molecule has 0 unspecified atom stereocenters. The zero-order valence-corrected chi connectivity index (χ0v) is 12.9. The monoisotopic (exact) mass is 301 g/mol. The van der Waals surface area contributed by atoms with Gasteiger partial charge >= 0.3 is 0 Å². The third-order valence-electron chi connectivity index (χ3n) is 4.04. The second-order valence-corrected chi connectivity index (χ2v) is 5.92. The molecule has 0 spiro atoms. The van der Waals surface area contributed by atoms with E-state index in [4.69, 9.17) is 16.6 Å². The predicted octanol–water partition coefficient (Wildman–Crippen LogP) is 3.74. The van der Waals surface area contributed by atoms with Crippen molar-refractivity contribution >= 4 is 23.1 Å². The molecule has 0 aliphatic heterocycles. The van der Waals surface area contributed by atoms with Gasteiger partial charge in [-0.15, -0.1) is 0 Å².